The maximum Gasteiger partial charge on any atom is 0.338 e. The Kier molecular flexibility index (Phi) is 7.13. The standard InChI is InChI=1S/C32H30N2O4/c1-21-16-27(38-20-26-12-8-9-13-28(26)32(35)37-4)18-29-31(21)33-22(2)34(29)19-25-15-14-24(17-30(25)36-3)23-10-6-5-7-11-23/h5-18H,19-20H2,1-4H3. The zero-order valence-corrected chi connectivity index (χ0v) is 22.0. The van der Waals surface area contributed by atoms with Crippen molar-refractivity contribution in [3.05, 3.63) is 113 Å². The van der Waals surface area contributed by atoms with Crippen LogP contribution < -0.4 is 9.47 Å². The molecule has 0 bridgehead atoms. The summed E-state index contributed by atoms with van der Waals surface area (Å²) in [6.45, 7) is 4.90. The Bertz CT molecular complexity index is 1610. The van der Waals surface area contributed by atoms with Gasteiger partial charge in [0.2, 0.25) is 0 Å². The first-order chi connectivity index (χ1) is 18.5. The van der Waals surface area contributed by atoms with E-state index in [9.17, 15) is 4.79 Å². The number of esters is 1. The molecule has 5 aromatic rings. The minimum atomic E-state index is -0.378. The van der Waals surface area contributed by atoms with Gasteiger partial charge in [-0.3, -0.25) is 0 Å². The SMILES string of the molecule is COC(=O)c1ccccc1COc1cc(C)c2nc(C)n(Cc3ccc(-c4ccccc4)cc3OC)c2c1. The van der Waals surface area contributed by atoms with Crippen LogP contribution in [0, 0.1) is 13.8 Å². The summed E-state index contributed by atoms with van der Waals surface area (Å²) in [6, 6.07) is 27.9. The summed E-state index contributed by atoms with van der Waals surface area (Å²) in [5.41, 5.74) is 7.52. The molecule has 0 aliphatic heterocycles. The second kappa shape index (κ2) is 10.8. The number of carbonyl (C=O) groups excluding carboxylic acids is 1. The highest BCUT2D eigenvalue weighted by atomic mass is 16.5. The molecule has 5 rings (SSSR count). The van der Waals surface area contributed by atoms with Crippen molar-refractivity contribution in [2.24, 2.45) is 0 Å². The number of benzene rings is 4. The molecule has 38 heavy (non-hydrogen) atoms. The number of aromatic nitrogens is 2. The van der Waals surface area contributed by atoms with Crippen molar-refractivity contribution in [2.75, 3.05) is 14.2 Å². The first-order valence-electron chi connectivity index (χ1n) is 12.5. The monoisotopic (exact) mass is 506 g/mol. The Balaban J connectivity index is 1.46. The number of imidazole rings is 1. The van der Waals surface area contributed by atoms with Gasteiger partial charge in [0.15, 0.2) is 0 Å². The van der Waals surface area contributed by atoms with Crippen LogP contribution in [-0.2, 0) is 17.9 Å². The highest BCUT2D eigenvalue weighted by molar-refractivity contribution is 5.91. The van der Waals surface area contributed by atoms with Gasteiger partial charge in [-0.1, -0.05) is 60.7 Å². The quantitative estimate of drug-likeness (QED) is 0.218. The van der Waals surface area contributed by atoms with Crippen molar-refractivity contribution in [2.45, 2.75) is 27.0 Å². The Labute approximate surface area is 222 Å². The van der Waals surface area contributed by atoms with Gasteiger partial charge in [-0.05, 0) is 48.7 Å². The molecule has 0 amide bonds. The number of aryl methyl sites for hydroxylation is 2. The number of hydrogen-bond acceptors (Lipinski definition) is 5. The smallest absolute Gasteiger partial charge is 0.338 e. The maximum atomic E-state index is 12.1. The number of hydrogen-bond donors (Lipinski definition) is 0. The summed E-state index contributed by atoms with van der Waals surface area (Å²) in [7, 11) is 3.08. The Morgan fingerprint density at radius 1 is 0.842 bits per heavy atom. The van der Waals surface area contributed by atoms with Crippen LogP contribution >= 0.6 is 0 Å². The third-order valence-electron chi connectivity index (χ3n) is 6.75. The van der Waals surface area contributed by atoms with Gasteiger partial charge in [-0.2, -0.15) is 0 Å². The molecule has 6 heteroatoms. The second-order valence-corrected chi connectivity index (χ2v) is 9.18. The largest absolute Gasteiger partial charge is 0.496 e. The minimum Gasteiger partial charge on any atom is -0.496 e. The molecule has 0 saturated heterocycles. The molecule has 192 valence electrons. The average molecular weight is 507 g/mol. The van der Waals surface area contributed by atoms with Gasteiger partial charge in [0.25, 0.3) is 0 Å². The third kappa shape index (κ3) is 4.98. The molecule has 0 saturated carbocycles. The first kappa shape index (κ1) is 25.1. The number of fused-ring (bicyclic) bond motifs is 1. The predicted molar refractivity (Wildman–Crippen MR) is 149 cm³/mol. The van der Waals surface area contributed by atoms with Crippen molar-refractivity contribution in [3.8, 4) is 22.6 Å². The van der Waals surface area contributed by atoms with Crippen molar-refractivity contribution in [3.63, 3.8) is 0 Å². The van der Waals surface area contributed by atoms with Crippen LogP contribution in [-0.4, -0.2) is 29.7 Å². The van der Waals surface area contributed by atoms with Gasteiger partial charge in [0.1, 0.15) is 23.9 Å². The van der Waals surface area contributed by atoms with E-state index >= 15 is 0 Å². The molecule has 0 aliphatic rings. The van der Waals surface area contributed by atoms with E-state index in [1.807, 2.05) is 62.4 Å². The van der Waals surface area contributed by atoms with Crippen molar-refractivity contribution in [1.82, 2.24) is 9.55 Å². The Morgan fingerprint density at radius 3 is 2.37 bits per heavy atom. The number of carbonyl (C=O) groups is 1. The highest BCUT2D eigenvalue weighted by Gasteiger charge is 2.16. The Morgan fingerprint density at radius 2 is 1.61 bits per heavy atom. The summed E-state index contributed by atoms with van der Waals surface area (Å²) in [6.07, 6.45) is 0. The van der Waals surface area contributed by atoms with Crippen LogP contribution in [0.3, 0.4) is 0 Å². The van der Waals surface area contributed by atoms with Crippen molar-refractivity contribution >= 4 is 17.0 Å². The molecule has 0 aliphatic carbocycles. The molecular formula is C32H30N2O4. The Hall–Kier alpha value is -4.58. The second-order valence-electron chi connectivity index (χ2n) is 9.18. The van der Waals surface area contributed by atoms with Crippen LogP contribution in [0.15, 0.2) is 84.9 Å². The topological polar surface area (TPSA) is 62.6 Å². The molecule has 0 radical (unpaired) electrons. The van der Waals surface area contributed by atoms with Crippen LogP contribution in [0.2, 0.25) is 0 Å². The zero-order chi connectivity index (χ0) is 26.6. The summed E-state index contributed by atoms with van der Waals surface area (Å²) >= 11 is 0. The molecule has 1 aromatic heterocycles. The van der Waals surface area contributed by atoms with E-state index in [0.717, 1.165) is 50.4 Å². The van der Waals surface area contributed by atoms with Gasteiger partial charge in [0, 0.05) is 17.2 Å². The third-order valence-corrected chi connectivity index (χ3v) is 6.75. The summed E-state index contributed by atoms with van der Waals surface area (Å²) in [5.74, 6) is 2.07. The fraction of sp³-hybridized carbons (Fsp3) is 0.188. The van der Waals surface area contributed by atoms with E-state index in [1.54, 1.807) is 13.2 Å². The molecule has 0 unspecified atom stereocenters. The van der Waals surface area contributed by atoms with Crippen LogP contribution in [0.4, 0.5) is 0 Å². The van der Waals surface area contributed by atoms with Crippen molar-refractivity contribution in [1.29, 1.82) is 0 Å². The molecule has 6 nitrogen and oxygen atoms in total. The fourth-order valence-electron chi connectivity index (χ4n) is 4.73. The van der Waals surface area contributed by atoms with Crippen LogP contribution in [0.25, 0.3) is 22.2 Å². The lowest BCUT2D eigenvalue weighted by molar-refractivity contribution is 0.0597. The lowest BCUT2D eigenvalue weighted by Crippen LogP contribution is -2.08. The van der Waals surface area contributed by atoms with Gasteiger partial charge in [-0.15, -0.1) is 0 Å². The van der Waals surface area contributed by atoms with E-state index in [1.165, 1.54) is 7.11 Å². The molecule has 0 atom stereocenters. The number of nitrogens with zero attached hydrogens (tertiary/aromatic N) is 2. The van der Waals surface area contributed by atoms with Crippen LogP contribution in [0.5, 0.6) is 11.5 Å². The lowest BCUT2D eigenvalue weighted by atomic mass is 10.0. The van der Waals surface area contributed by atoms with Crippen LogP contribution in [0.1, 0.15) is 32.9 Å². The minimum absolute atomic E-state index is 0.248. The highest BCUT2D eigenvalue weighted by Crippen LogP contribution is 2.31. The first-order valence-corrected chi connectivity index (χ1v) is 12.5. The van der Waals surface area contributed by atoms with Gasteiger partial charge in [-0.25, -0.2) is 9.78 Å². The molecule has 0 spiro atoms. The van der Waals surface area contributed by atoms with Gasteiger partial charge < -0.3 is 18.8 Å². The summed E-state index contributed by atoms with van der Waals surface area (Å²) in [5, 5.41) is 0. The summed E-state index contributed by atoms with van der Waals surface area (Å²) < 4.78 is 19.0. The predicted octanol–water partition coefficient (Wildman–Crippen LogP) is 6.74. The molecule has 0 fully saturated rings. The van der Waals surface area contributed by atoms with E-state index in [-0.39, 0.29) is 12.6 Å². The molecule has 1 heterocycles. The zero-order valence-electron chi connectivity index (χ0n) is 22.0. The maximum absolute atomic E-state index is 12.1. The number of ether oxygens (including phenoxy) is 3. The fourth-order valence-corrected chi connectivity index (χ4v) is 4.73. The number of methoxy groups -OCH3 is 2. The van der Waals surface area contributed by atoms with E-state index in [2.05, 4.69) is 34.9 Å². The van der Waals surface area contributed by atoms with E-state index in [0.29, 0.717) is 17.9 Å². The van der Waals surface area contributed by atoms with Crippen molar-refractivity contribution < 1.29 is 19.0 Å². The normalized spacial score (nSPS) is 10.9. The average Bonchev–Trinajstić information content (AvgIpc) is 3.27. The molecular weight excluding hydrogens is 476 g/mol. The lowest BCUT2D eigenvalue weighted by Gasteiger charge is -2.14. The van der Waals surface area contributed by atoms with E-state index in [4.69, 9.17) is 19.2 Å². The van der Waals surface area contributed by atoms with Gasteiger partial charge in [0.05, 0.1) is 37.4 Å². The molecule has 4 aromatic carbocycles. The van der Waals surface area contributed by atoms with Gasteiger partial charge >= 0.3 is 5.97 Å². The summed E-state index contributed by atoms with van der Waals surface area (Å²) in [4.78, 5) is 17.0. The van der Waals surface area contributed by atoms with E-state index < -0.39 is 0 Å². The number of rotatable bonds is 8. The molecule has 0 N–H and O–H groups in total.